The topological polar surface area (TPSA) is 77.3 Å². The van der Waals surface area contributed by atoms with E-state index in [1.54, 1.807) is 33.6 Å². The van der Waals surface area contributed by atoms with Gasteiger partial charge < -0.3 is 4.74 Å². The number of ether oxygens (including phenoxy) is 1. The van der Waals surface area contributed by atoms with Crippen molar-refractivity contribution in [1.29, 1.82) is 0 Å². The minimum absolute atomic E-state index is 0.0524. The van der Waals surface area contributed by atoms with Gasteiger partial charge in [-0.25, -0.2) is 8.42 Å². The number of sulfonamides is 1. The van der Waals surface area contributed by atoms with Crippen LogP contribution in [0.5, 0.6) is 5.75 Å². The molecule has 1 aromatic heterocycles. The highest BCUT2D eigenvalue weighted by molar-refractivity contribution is 7.89. The third-order valence-corrected chi connectivity index (χ3v) is 7.35. The lowest BCUT2D eigenvalue weighted by molar-refractivity contribution is 0.174. The molecular formula is C16H19ClN4O3S. The standard InChI is InChI=1S/C16H19ClN4O3S/c1-24-15-5-2-11(17)8-16(15)25(22,23)20-12-3-4-13(20)10-14(9-12)21-18-6-7-19-21/h2,5-8,12-14H,3-4,9-10H2,1H3. The SMILES string of the molecule is COc1ccc(Cl)cc1S(=O)(=O)N1C2CCC1CC(n1nccn1)C2. The van der Waals surface area contributed by atoms with Crippen molar-refractivity contribution in [1.82, 2.24) is 19.3 Å². The molecule has 9 heteroatoms. The molecule has 2 saturated heterocycles. The van der Waals surface area contributed by atoms with Crippen molar-refractivity contribution >= 4 is 21.6 Å². The highest BCUT2D eigenvalue weighted by atomic mass is 35.5. The van der Waals surface area contributed by atoms with Crippen molar-refractivity contribution in [2.45, 2.75) is 48.7 Å². The number of nitrogens with zero attached hydrogens (tertiary/aromatic N) is 4. The smallest absolute Gasteiger partial charge is 0.247 e. The monoisotopic (exact) mass is 382 g/mol. The van der Waals surface area contributed by atoms with E-state index in [0.717, 1.165) is 12.8 Å². The van der Waals surface area contributed by atoms with Gasteiger partial charge in [0.05, 0.1) is 25.5 Å². The van der Waals surface area contributed by atoms with Gasteiger partial charge in [0, 0.05) is 17.1 Å². The number of methoxy groups -OCH3 is 1. The van der Waals surface area contributed by atoms with Gasteiger partial charge in [-0.05, 0) is 43.9 Å². The summed E-state index contributed by atoms with van der Waals surface area (Å²) in [6.45, 7) is 0. The fourth-order valence-corrected chi connectivity index (χ4v) is 6.38. The molecule has 2 atom stereocenters. The highest BCUT2D eigenvalue weighted by Crippen LogP contribution is 2.44. The summed E-state index contributed by atoms with van der Waals surface area (Å²) in [5.74, 6) is 0.319. The summed E-state index contributed by atoms with van der Waals surface area (Å²) >= 11 is 6.04. The first kappa shape index (κ1) is 16.8. The molecule has 3 heterocycles. The molecule has 2 aliphatic rings. The lowest BCUT2D eigenvalue weighted by Gasteiger charge is -2.37. The lowest BCUT2D eigenvalue weighted by atomic mass is 10.0. The molecule has 2 unspecified atom stereocenters. The van der Waals surface area contributed by atoms with E-state index in [2.05, 4.69) is 10.2 Å². The molecule has 7 nitrogen and oxygen atoms in total. The van der Waals surface area contributed by atoms with Crippen LogP contribution in [0.4, 0.5) is 0 Å². The second-order valence-electron chi connectivity index (χ2n) is 6.49. The van der Waals surface area contributed by atoms with Gasteiger partial charge in [-0.15, -0.1) is 0 Å². The Morgan fingerprint density at radius 3 is 2.36 bits per heavy atom. The number of benzene rings is 1. The van der Waals surface area contributed by atoms with Gasteiger partial charge >= 0.3 is 0 Å². The molecule has 2 bridgehead atoms. The summed E-state index contributed by atoms with van der Waals surface area (Å²) in [5, 5.41) is 8.82. The number of fused-ring (bicyclic) bond motifs is 2. The molecule has 2 fully saturated rings. The number of rotatable bonds is 4. The first-order valence-electron chi connectivity index (χ1n) is 8.23. The van der Waals surface area contributed by atoms with Crippen molar-refractivity contribution < 1.29 is 13.2 Å². The molecule has 2 aromatic rings. The molecule has 25 heavy (non-hydrogen) atoms. The molecule has 0 N–H and O–H groups in total. The van der Waals surface area contributed by atoms with E-state index in [-0.39, 0.29) is 23.0 Å². The van der Waals surface area contributed by atoms with Crippen molar-refractivity contribution in [3.63, 3.8) is 0 Å². The number of aromatic nitrogens is 3. The van der Waals surface area contributed by atoms with Crippen LogP contribution in [0.25, 0.3) is 0 Å². The lowest BCUT2D eigenvalue weighted by Crippen LogP contribution is -2.47. The Morgan fingerprint density at radius 1 is 1.12 bits per heavy atom. The van der Waals surface area contributed by atoms with Crippen LogP contribution >= 0.6 is 11.6 Å². The zero-order valence-electron chi connectivity index (χ0n) is 13.7. The van der Waals surface area contributed by atoms with Crippen LogP contribution in [0, 0.1) is 0 Å². The summed E-state index contributed by atoms with van der Waals surface area (Å²) < 4.78 is 33.6. The zero-order valence-corrected chi connectivity index (χ0v) is 15.3. The van der Waals surface area contributed by atoms with E-state index in [1.165, 1.54) is 13.2 Å². The normalized spacial score (nSPS) is 26.7. The van der Waals surface area contributed by atoms with Gasteiger partial charge in [0.1, 0.15) is 10.6 Å². The molecular weight excluding hydrogens is 364 g/mol. The van der Waals surface area contributed by atoms with Crippen LogP contribution in [0.2, 0.25) is 5.02 Å². The van der Waals surface area contributed by atoms with Gasteiger partial charge in [0.2, 0.25) is 10.0 Å². The zero-order chi connectivity index (χ0) is 17.6. The van der Waals surface area contributed by atoms with E-state index in [0.29, 0.717) is 23.6 Å². The third-order valence-electron chi connectivity index (χ3n) is 5.09. The average molecular weight is 383 g/mol. The number of hydrogen-bond donors (Lipinski definition) is 0. The van der Waals surface area contributed by atoms with Crippen LogP contribution in [0.3, 0.4) is 0 Å². The minimum Gasteiger partial charge on any atom is -0.495 e. The van der Waals surface area contributed by atoms with Gasteiger partial charge in [0.15, 0.2) is 0 Å². The summed E-state index contributed by atoms with van der Waals surface area (Å²) in [6, 6.07) is 4.73. The fraction of sp³-hybridized carbons (Fsp3) is 0.500. The number of halogens is 1. The Labute approximate surface area is 151 Å². The predicted octanol–water partition coefficient (Wildman–Crippen LogP) is 2.50. The summed E-state index contributed by atoms with van der Waals surface area (Å²) in [5.41, 5.74) is 0. The van der Waals surface area contributed by atoms with Gasteiger partial charge in [0.25, 0.3) is 0 Å². The van der Waals surface area contributed by atoms with Crippen LogP contribution in [-0.4, -0.2) is 46.9 Å². The Morgan fingerprint density at radius 2 is 1.76 bits per heavy atom. The van der Waals surface area contributed by atoms with E-state index in [9.17, 15) is 8.42 Å². The molecule has 0 aliphatic carbocycles. The molecule has 1 aromatic carbocycles. The molecule has 2 aliphatic heterocycles. The highest BCUT2D eigenvalue weighted by Gasteiger charge is 2.48. The van der Waals surface area contributed by atoms with Gasteiger partial charge in [-0.2, -0.15) is 19.3 Å². The second-order valence-corrected chi connectivity index (χ2v) is 8.74. The van der Waals surface area contributed by atoms with E-state index in [4.69, 9.17) is 16.3 Å². The average Bonchev–Trinajstić information content (AvgIpc) is 3.22. The summed E-state index contributed by atoms with van der Waals surface area (Å²) in [4.78, 5) is 1.84. The molecule has 0 saturated carbocycles. The van der Waals surface area contributed by atoms with Crippen LogP contribution < -0.4 is 4.74 Å². The van der Waals surface area contributed by atoms with E-state index < -0.39 is 10.0 Å². The Bertz CT molecular complexity index is 858. The molecule has 4 rings (SSSR count). The Balaban J connectivity index is 1.68. The van der Waals surface area contributed by atoms with E-state index >= 15 is 0 Å². The van der Waals surface area contributed by atoms with Crippen LogP contribution in [0.15, 0.2) is 35.5 Å². The Kier molecular flexibility index (Phi) is 4.21. The second kappa shape index (κ2) is 6.26. The Hall–Kier alpha value is -1.64. The maximum atomic E-state index is 13.3. The first-order chi connectivity index (χ1) is 12.0. The fourth-order valence-electron chi connectivity index (χ4n) is 4.07. The first-order valence-corrected chi connectivity index (χ1v) is 10.1. The minimum atomic E-state index is -3.68. The predicted molar refractivity (Wildman–Crippen MR) is 92.1 cm³/mol. The summed E-state index contributed by atoms with van der Waals surface area (Å²) in [6.07, 6.45) is 6.44. The van der Waals surface area contributed by atoms with Gasteiger partial charge in [-0.3, -0.25) is 0 Å². The largest absolute Gasteiger partial charge is 0.495 e. The maximum absolute atomic E-state index is 13.3. The molecule has 134 valence electrons. The summed E-state index contributed by atoms with van der Waals surface area (Å²) in [7, 11) is -2.22. The van der Waals surface area contributed by atoms with Crippen LogP contribution in [0.1, 0.15) is 31.7 Å². The third kappa shape index (κ3) is 2.82. The van der Waals surface area contributed by atoms with Crippen molar-refractivity contribution in [3.8, 4) is 5.75 Å². The molecule has 0 radical (unpaired) electrons. The number of hydrogen-bond acceptors (Lipinski definition) is 5. The van der Waals surface area contributed by atoms with Gasteiger partial charge in [-0.1, -0.05) is 11.6 Å². The van der Waals surface area contributed by atoms with E-state index in [1.807, 2.05) is 0 Å². The van der Waals surface area contributed by atoms with Crippen LogP contribution in [-0.2, 0) is 10.0 Å². The van der Waals surface area contributed by atoms with Crippen molar-refractivity contribution in [3.05, 3.63) is 35.6 Å². The van der Waals surface area contributed by atoms with Crippen molar-refractivity contribution in [2.75, 3.05) is 7.11 Å². The van der Waals surface area contributed by atoms with Crippen molar-refractivity contribution in [2.24, 2.45) is 0 Å². The maximum Gasteiger partial charge on any atom is 0.247 e. The number of piperidine rings is 1. The molecule has 0 spiro atoms. The quantitative estimate of drug-likeness (QED) is 0.811. The molecule has 0 amide bonds.